The largest absolute Gasteiger partial charge is 0.390 e. The van der Waals surface area contributed by atoms with E-state index >= 15 is 0 Å². The van der Waals surface area contributed by atoms with Crippen LogP contribution < -0.4 is 5.32 Å². The zero-order valence-electron chi connectivity index (χ0n) is 10.5. The topological polar surface area (TPSA) is 52.6 Å². The van der Waals surface area contributed by atoms with E-state index in [4.69, 9.17) is 0 Å². The van der Waals surface area contributed by atoms with Crippen LogP contribution in [0.5, 0.6) is 0 Å². The second kappa shape index (κ2) is 5.04. The number of hydrogen-bond acceptors (Lipinski definition) is 3. The van der Waals surface area contributed by atoms with Crippen LogP contribution in [0.15, 0.2) is 18.2 Å². The molecule has 1 heterocycles. The monoisotopic (exact) mass is 252 g/mol. The number of carbonyl (C=O) groups is 1. The minimum atomic E-state index is -0.575. The molecule has 0 aliphatic carbocycles. The first kappa shape index (κ1) is 13.0. The fourth-order valence-electron chi connectivity index (χ4n) is 2.13. The Hall–Kier alpha value is -1.46. The Kier molecular flexibility index (Phi) is 3.63. The van der Waals surface area contributed by atoms with E-state index in [9.17, 15) is 14.3 Å². The zero-order valence-corrected chi connectivity index (χ0v) is 10.5. The van der Waals surface area contributed by atoms with E-state index in [1.54, 1.807) is 26.1 Å². The Morgan fingerprint density at radius 2 is 2.22 bits per heavy atom. The molecule has 18 heavy (non-hydrogen) atoms. The molecule has 1 amide bonds. The first-order valence-electron chi connectivity index (χ1n) is 5.93. The molecule has 1 aromatic rings. The number of nitrogens with one attached hydrogen (secondary N) is 1. The van der Waals surface area contributed by atoms with E-state index < -0.39 is 6.10 Å². The number of carbonyl (C=O) groups excluding carboxylic acids is 1. The summed E-state index contributed by atoms with van der Waals surface area (Å²) in [6, 6.07) is 4.16. The molecule has 0 radical (unpaired) electrons. The summed E-state index contributed by atoms with van der Waals surface area (Å²) in [6.07, 6.45) is -0.575. The van der Waals surface area contributed by atoms with Gasteiger partial charge in [-0.2, -0.15) is 0 Å². The number of rotatable bonds is 2. The molecule has 2 N–H and O–H groups in total. The minimum Gasteiger partial charge on any atom is -0.390 e. The summed E-state index contributed by atoms with van der Waals surface area (Å²) in [5.74, 6) is -0.666. The molecule has 0 bridgehead atoms. The van der Waals surface area contributed by atoms with Gasteiger partial charge in [-0.3, -0.25) is 4.79 Å². The highest BCUT2D eigenvalue weighted by Crippen LogP contribution is 2.14. The van der Waals surface area contributed by atoms with Crippen molar-refractivity contribution in [2.24, 2.45) is 0 Å². The summed E-state index contributed by atoms with van der Waals surface area (Å²) in [5.41, 5.74) is 0.816. The third-order valence-electron chi connectivity index (χ3n) is 3.39. The van der Waals surface area contributed by atoms with Crippen molar-refractivity contribution >= 4 is 5.91 Å². The summed E-state index contributed by atoms with van der Waals surface area (Å²) in [7, 11) is 1.63. The van der Waals surface area contributed by atoms with Crippen molar-refractivity contribution in [2.45, 2.75) is 19.1 Å². The molecule has 0 saturated carbocycles. The fourth-order valence-corrected chi connectivity index (χ4v) is 2.13. The van der Waals surface area contributed by atoms with E-state index in [0.717, 1.165) is 0 Å². The molecule has 1 aliphatic heterocycles. The van der Waals surface area contributed by atoms with Crippen molar-refractivity contribution in [3.8, 4) is 0 Å². The molecule has 0 spiro atoms. The number of β-amino-alcohol motifs (C(OH)–C–C–N with tert-alkyl or cyclic N) is 1. The van der Waals surface area contributed by atoms with Crippen LogP contribution in [-0.4, -0.2) is 48.2 Å². The molecule has 0 aromatic heterocycles. The minimum absolute atomic E-state index is 0.262. The van der Waals surface area contributed by atoms with E-state index in [1.807, 2.05) is 0 Å². The molecular formula is C13H17FN2O2. The number of aliphatic hydroxyl groups excluding tert-OH is 1. The van der Waals surface area contributed by atoms with Gasteiger partial charge in [-0.05, 0) is 24.6 Å². The van der Waals surface area contributed by atoms with Crippen LogP contribution in [0.4, 0.5) is 4.39 Å². The number of aliphatic hydroxyl groups is 1. The van der Waals surface area contributed by atoms with E-state index in [1.165, 1.54) is 11.0 Å². The van der Waals surface area contributed by atoms with Crippen LogP contribution in [0.2, 0.25) is 0 Å². The molecule has 4 nitrogen and oxygen atoms in total. The Morgan fingerprint density at radius 1 is 1.50 bits per heavy atom. The highest BCUT2D eigenvalue weighted by atomic mass is 19.1. The third-order valence-corrected chi connectivity index (χ3v) is 3.39. The Bertz CT molecular complexity index is 464. The lowest BCUT2D eigenvalue weighted by Gasteiger charge is -2.26. The second-order valence-corrected chi connectivity index (χ2v) is 4.67. The number of amides is 1. The molecule has 1 fully saturated rings. The Balaban J connectivity index is 2.17. The molecule has 5 heteroatoms. The predicted octanol–water partition coefficient (Wildman–Crippen LogP) is 0.539. The molecule has 0 unspecified atom stereocenters. The van der Waals surface area contributed by atoms with E-state index in [0.29, 0.717) is 24.2 Å². The van der Waals surface area contributed by atoms with Gasteiger partial charge < -0.3 is 15.3 Å². The van der Waals surface area contributed by atoms with Gasteiger partial charge in [-0.1, -0.05) is 6.07 Å². The molecule has 2 rings (SSSR count). The van der Waals surface area contributed by atoms with Gasteiger partial charge in [-0.25, -0.2) is 4.39 Å². The third kappa shape index (κ3) is 2.37. The van der Waals surface area contributed by atoms with Crippen molar-refractivity contribution in [3.05, 3.63) is 35.1 Å². The van der Waals surface area contributed by atoms with Gasteiger partial charge in [0.15, 0.2) is 0 Å². The summed E-state index contributed by atoms with van der Waals surface area (Å²) in [5, 5.41) is 12.7. The predicted molar refractivity (Wildman–Crippen MR) is 65.9 cm³/mol. The SMILES string of the molecule is Cc1ccc(C(=O)N(C)[C@@H]2CNC[C@H]2O)cc1F. The molecule has 1 saturated heterocycles. The number of hydrogen-bond donors (Lipinski definition) is 2. The molecule has 1 aliphatic rings. The van der Waals surface area contributed by atoms with Crippen LogP contribution in [0.3, 0.4) is 0 Å². The summed E-state index contributed by atoms with van der Waals surface area (Å²) in [4.78, 5) is 13.6. The Morgan fingerprint density at radius 3 is 2.78 bits per heavy atom. The van der Waals surface area contributed by atoms with Crippen molar-refractivity contribution in [3.63, 3.8) is 0 Å². The van der Waals surface area contributed by atoms with Crippen molar-refractivity contribution in [1.29, 1.82) is 0 Å². The normalized spacial score (nSPS) is 23.1. The summed E-state index contributed by atoms with van der Waals surface area (Å²) < 4.78 is 13.4. The highest BCUT2D eigenvalue weighted by Gasteiger charge is 2.31. The maximum Gasteiger partial charge on any atom is 0.254 e. The molecule has 1 aromatic carbocycles. The standard InChI is InChI=1S/C13H17FN2O2/c1-8-3-4-9(5-10(8)14)13(18)16(2)11-6-15-7-12(11)17/h3-5,11-12,15,17H,6-7H2,1-2H3/t11-,12-/m1/s1. The first-order chi connectivity index (χ1) is 8.50. The van der Waals surface area contributed by atoms with Crippen LogP contribution in [0.25, 0.3) is 0 Å². The van der Waals surface area contributed by atoms with Gasteiger partial charge >= 0.3 is 0 Å². The maximum atomic E-state index is 13.4. The summed E-state index contributed by atoms with van der Waals surface area (Å²) >= 11 is 0. The van der Waals surface area contributed by atoms with Gasteiger partial charge in [0.2, 0.25) is 0 Å². The molecule has 2 atom stereocenters. The quantitative estimate of drug-likeness (QED) is 0.807. The molecule has 98 valence electrons. The lowest BCUT2D eigenvalue weighted by Crippen LogP contribution is -2.44. The van der Waals surface area contributed by atoms with E-state index in [-0.39, 0.29) is 17.8 Å². The van der Waals surface area contributed by atoms with Crippen molar-refractivity contribution in [1.82, 2.24) is 10.2 Å². The van der Waals surface area contributed by atoms with E-state index in [2.05, 4.69) is 5.32 Å². The fraction of sp³-hybridized carbons (Fsp3) is 0.462. The zero-order chi connectivity index (χ0) is 13.3. The highest BCUT2D eigenvalue weighted by molar-refractivity contribution is 5.94. The van der Waals surface area contributed by atoms with Crippen molar-refractivity contribution < 1.29 is 14.3 Å². The number of nitrogens with zero attached hydrogens (tertiary/aromatic N) is 1. The van der Waals surface area contributed by atoms with Crippen LogP contribution in [0.1, 0.15) is 15.9 Å². The van der Waals surface area contributed by atoms with Crippen LogP contribution >= 0.6 is 0 Å². The van der Waals surface area contributed by atoms with Crippen molar-refractivity contribution in [2.75, 3.05) is 20.1 Å². The summed E-state index contributed by atoms with van der Waals surface area (Å²) in [6.45, 7) is 2.68. The lowest BCUT2D eigenvalue weighted by molar-refractivity contribution is 0.0581. The average Bonchev–Trinajstić information content (AvgIpc) is 2.77. The van der Waals surface area contributed by atoms with Crippen LogP contribution in [0, 0.1) is 12.7 Å². The first-order valence-corrected chi connectivity index (χ1v) is 5.93. The van der Waals surface area contributed by atoms with Gasteiger partial charge in [-0.15, -0.1) is 0 Å². The number of aryl methyl sites for hydroxylation is 1. The number of benzene rings is 1. The van der Waals surface area contributed by atoms with Gasteiger partial charge in [0, 0.05) is 25.7 Å². The second-order valence-electron chi connectivity index (χ2n) is 4.67. The van der Waals surface area contributed by atoms with Gasteiger partial charge in [0.05, 0.1) is 12.1 Å². The number of halogens is 1. The smallest absolute Gasteiger partial charge is 0.254 e. The Labute approximate surface area is 105 Å². The average molecular weight is 252 g/mol. The molecular weight excluding hydrogens is 235 g/mol. The van der Waals surface area contributed by atoms with Gasteiger partial charge in [0.1, 0.15) is 5.82 Å². The maximum absolute atomic E-state index is 13.4. The number of likely N-dealkylation sites (N-methyl/N-ethyl adjacent to an activating group) is 1. The van der Waals surface area contributed by atoms with Gasteiger partial charge in [0.25, 0.3) is 5.91 Å². The lowest BCUT2D eigenvalue weighted by atomic mass is 10.1. The van der Waals surface area contributed by atoms with Crippen LogP contribution in [-0.2, 0) is 0 Å².